The van der Waals surface area contributed by atoms with E-state index < -0.39 is 34.2 Å². The number of pyridine rings is 1. The molecule has 1 nitrogen and oxygen atoms in total. The Kier molecular flexibility index (Phi) is 3.88. The fourth-order valence-corrected chi connectivity index (χ4v) is 2.14. The standard InChI is InChI=1S/C13H6ClF6N/c14-10-8(5-6-21-11(10)13(18,19)20)7-3-1-2-4-9(7)12(15,16)17/h1-6H. The van der Waals surface area contributed by atoms with E-state index in [9.17, 15) is 26.3 Å². The maximum absolute atomic E-state index is 12.9. The minimum atomic E-state index is -4.85. The maximum atomic E-state index is 12.9. The van der Waals surface area contributed by atoms with Crippen molar-refractivity contribution in [2.75, 3.05) is 0 Å². The zero-order chi connectivity index (χ0) is 15.8. The van der Waals surface area contributed by atoms with Crippen LogP contribution < -0.4 is 0 Å². The van der Waals surface area contributed by atoms with Crippen molar-refractivity contribution in [3.8, 4) is 11.1 Å². The summed E-state index contributed by atoms with van der Waals surface area (Å²) in [5.74, 6) is 0. The van der Waals surface area contributed by atoms with E-state index in [1.54, 1.807) is 0 Å². The van der Waals surface area contributed by atoms with Crippen LogP contribution in [0.15, 0.2) is 36.5 Å². The predicted molar refractivity (Wildman–Crippen MR) is 64.7 cm³/mol. The lowest BCUT2D eigenvalue weighted by atomic mass is 9.99. The molecule has 0 saturated carbocycles. The third-order valence-corrected chi connectivity index (χ3v) is 3.06. The van der Waals surface area contributed by atoms with E-state index >= 15 is 0 Å². The lowest BCUT2D eigenvalue weighted by molar-refractivity contribution is -0.141. The van der Waals surface area contributed by atoms with Gasteiger partial charge in [-0.3, -0.25) is 4.98 Å². The molecule has 2 aromatic rings. The Morgan fingerprint density at radius 2 is 1.43 bits per heavy atom. The summed E-state index contributed by atoms with van der Waals surface area (Å²) in [5, 5.41) is -0.860. The van der Waals surface area contributed by atoms with Crippen LogP contribution in [0.4, 0.5) is 26.3 Å². The molecule has 0 unspecified atom stereocenters. The van der Waals surface area contributed by atoms with E-state index in [0.717, 1.165) is 30.5 Å². The van der Waals surface area contributed by atoms with Gasteiger partial charge in [0, 0.05) is 11.8 Å². The Morgan fingerprint density at radius 1 is 0.810 bits per heavy atom. The van der Waals surface area contributed by atoms with Crippen molar-refractivity contribution >= 4 is 11.6 Å². The maximum Gasteiger partial charge on any atom is 0.434 e. The smallest absolute Gasteiger partial charge is 0.250 e. The van der Waals surface area contributed by atoms with Gasteiger partial charge in [0.2, 0.25) is 0 Å². The minimum Gasteiger partial charge on any atom is -0.250 e. The van der Waals surface area contributed by atoms with Crippen molar-refractivity contribution in [3.63, 3.8) is 0 Å². The van der Waals surface area contributed by atoms with Gasteiger partial charge in [-0.25, -0.2) is 0 Å². The van der Waals surface area contributed by atoms with Crippen molar-refractivity contribution in [2.24, 2.45) is 0 Å². The average molecular weight is 326 g/mol. The van der Waals surface area contributed by atoms with Crippen LogP contribution in [-0.4, -0.2) is 4.98 Å². The summed E-state index contributed by atoms with van der Waals surface area (Å²) in [6.45, 7) is 0. The molecule has 0 aliphatic heterocycles. The molecule has 0 fully saturated rings. The van der Waals surface area contributed by atoms with E-state index in [4.69, 9.17) is 11.6 Å². The molecular formula is C13H6ClF6N. The number of aromatic nitrogens is 1. The summed E-state index contributed by atoms with van der Waals surface area (Å²) in [6, 6.07) is 5.28. The van der Waals surface area contributed by atoms with Crippen molar-refractivity contribution in [1.82, 2.24) is 4.98 Å². The molecule has 0 radical (unpaired) electrons. The summed E-state index contributed by atoms with van der Waals surface area (Å²) in [4.78, 5) is 3.09. The van der Waals surface area contributed by atoms with Gasteiger partial charge in [0.15, 0.2) is 5.69 Å². The number of rotatable bonds is 1. The quantitative estimate of drug-likeness (QED) is 0.636. The number of nitrogens with zero attached hydrogens (tertiary/aromatic N) is 1. The molecule has 0 aliphatic carbocycles. The first-order chi connectivity index (χ1) is 9.62. The number of hydrogen-bond acceptors (Lipinski definition) is 1. The second-order valence-corrected chi connectivity index (χ2v) is 4.44. The highest BCUT2D eigenvalue weighted by Gasteiger charge is 2.38. The van der Waals surface area contributed by atoms with Crippen LogP contribution in [0.25, 0.3) is 11.1 Å². The van der Waals surface area contributed by atoms with Gasteiger partial charge in [-0.15, -0.1) is 0 Å². The van der Waals surface area contributed by atoms with Crippen LogP contribution in [0.3, 0.4) is 0 Å². The van der Waals surface area contributed by atoms with E-state index in [0.29, 0.717) is 0 Å². The topological polar surface area (TPSA) is 12.9 Å². The molecule has 0 bridgehead atoms. The highest BCUT2D eigenvalue weighted by Crippen LogP contribution is 2.42. The summed E-state index contributed by atoms with van der Waals surface area (Å²) >= 11 is 5.60. The number of halogens is 7. The Balaban J connectivity index is 2.70. The van der Waals surface area contributed by atoms with Gasteiger partial charge in [-0.2, -0.15) is 26.3 Å². The molecule has 1 aromatic carbocycles. The first-order valence-electron chi connectivity index (χ1n) is 5.50. The number of hydrogen-bond donors (Lipinski definition) is 0. The molecule has 8 heteroatoms. The van der Waals surface area contributed by atoms with Gasteiger partial charge in [-0.1, -0.05) is 29.8 Å². The van der Waals surface area contributed by atoms with E-state index in [2.05, 4.69) is 4.98 Å². The van der Waals surface area contributed by atoms with E-state index in [1.807, 2.05) is 0 Å². The molecule has 2 rings (SSSR count). The van der Waals surface area contributed by atoms with Gasteiger partial charge in [0.25, 0.3) is 0 Å². The number of benzene rings is 1. The molecule has 1 aromatic heterocycles. The van der Waals surface area contributed by atoms with E-state index in [1.165, 1.54) is 6.07 Å². The summed E-state index contributed by atoms with van der Waals surface area (Å²) in [6.07, 6.45) is -8.78. The molecule has 0 saturated heterocycles. The van der Waals surface area contributed by atoms with Crippen molar-refractivity contribution < 1.29 is 26.3 Å². The lowest BCUT2D eigenvalue weighted by Crippen LogP contribution is -2.11. The zero-order valence-electron chi connectivity index (χ0n) is 10.1. The van der Waals surface area contributed by atoms with Crippen LogP contribution in [0, 0.1) is 0 Å². The summed E-state index contributed by atoms with van der Waals surface area (Å²) < 4.78 is 76.9. The molecule has 0 aliphatic rings. The summed E-state index contributed by atoms with van der Waals surface area (Å²) in [7, 11) is 0. The van der Waals surface area contributed by atoms with Gasteiger partial charge in [-0.05, 0) is 17.7 Å². The van der Waals surface area contributed by atoms with Gasteiger partial charge in [0.05, 0.1) is 10.6 Å². The van der Waals surface area contributed by atoms with Crippen molar-refractivity contribution in [1.29, 1.82) is 0 Å². The molecule has 1 heterocycles. The molecule has 0 atom stereocenters. The first kappa shape index (κ1) is 15.6. The highest BCUT2D eigenvalue weighted by atomic mass is 35.5. The van der Waals surface area contributed by atoms with Crippen LogP contribution in [0.2, 0.25) is 5.02 Å². The zero-order valence-corrected chi connectivity index (χ0v) is 10.8. The largest absolute Gasteiger partial charge is 0.434 e. The molecule has 21 heavy (non-hydrogen) atoms. The van der Waals surface area contributed by atoms with Crippen LogP contribution in [0.1, 0.15) is 11.3 Å². The highest BCUT2D eigenvalue weighted by molar-refractivity contribution is 6.34. The third kappa shape index (κ3) is 3.12. The number of alkyl halides is 6. The summed E-state index contributed by atoms with van der Waals surface area (Å²) in [5.41, 5.74) is -3.28. The Labute approximate surface area is 120 Å². The second-order valence-electron chi connectivity index (χ2n) is 4.06. The van der Waals surface area contributed by atoms with Gasteiger partial charge >= 0.3 is 12.4 Å². The van der Waals surface area contributed by atoms with Crippen LogP contribution in [-0.2, 0) is 12.4 Å². The molecule has 0 N–H and O–H groups in total. The molecule has 0 spiro atoms. The first-order valence-corrected chi connectivity index (χ1v) is 5.88. The van der Waals surface area contributed by atoms with Crippen molar-refractivity contribution in [3.05, 3.63) is 52.8 Å². The van der Waals surface area contributed by atoms with Gasteiger partial charge < -0.3 is 0 Å². The van der Waals surface area contributed by atoms with Crippen LogP contribution >= 0.6 is 11.6 Å². The monoisotopic (exact) mass is 325 g/mol. The normalized spacial score (nSPS) is 12.5. The fraction of sp³-hybridized carbons (Fsp3) is 0.154. The molecule has 112 valence electrons. The minimum absolute atomic E-state index is 0.369. The lowest BCUT2D eigenvalue weighted by Gasteiger charge is -2.15. The average Bonchev–Trinajstić information content (AvgIpc) is 2.36. The van der Waals surface area contributed by atoms with Gasteiger partial charge in [0.1, 0.15) is 0 Å². The predicted octanol–water partition coefficient (Wildman–Crippen LogP) is 5.44. The Bertz CT molecular complexity index is 662. The Hall–Kier alpha value is -1.76. The van der Waals surface area contributed by atoms with E-state index in [-0.39, 0.29) is 5.56 Å². The molecule has 0 amide bonds. The van der Waals surface area contributed by atoms with Crippen molar-refractivity contribution in [2.45, 2.75) is 12.4 Å². The molecular weight excluding hydrogens is 320 g/mol. The second kappa shape index (κ2) is 5.22. The van der Waals surface area contributed by atoms with Crippen LogP contribution in [0.5, 0.6) is 0 Å². The fourth-order valence-electron chi connectivity index (χ4n) is 1.81. The third-order valence-electron chi connectivity index (χ3n) is 2.68. The Morgan fingerprint density at radius 3 is 2.00 bits per heavy atom. The SMILES string of the molecule is FC(F)(F)c1ccccc1-c1ccnc(C(F)(F)F)c1Cl.